The second-order valence-corrected chi connectivity index (χ2v) is 13.7. The second-order valence-electron chi connectivity index (χ2n) is 13.3. The van der Waals surface area contributed by atoms with E-state index in [1.54, 1.807) is 6.07 Å². The summed E-state index contributed by atoms with van der Waals surface area (Å²) in [6.07, 6.45) is 4.73. The summed E-state index contributed by atoms with van der Waals surface area (Å²) in [5.74, 6) is -1.89. The zero-order valence-electron chi connectivity index (χ0n) is 24.0. The Bertz CT molecular complexity index is 1540. The van der Waals surface area contributed by atoms with Gasteiger partial charge in [-0.05, 0) is 79.0 Å². The average Bonchev–Trinajstić information content (AvgIpc) is 3.19. The number of carbonyl (C=O) groups excluding carboxylic acids is 4. The fraction of sp³-hybridized carbons (Fsp3) is 0.455. The van der Waals surface area contributed by atoms with Crippen molar-refractivity contribution >= 4 is 46.5 Å². The molecule has 218 valence electrons. The van der Waals surface area contributed by atoms with Gasteiger partial charge in [0.05, 0.1) is 11.1 Å². The molecule has 6 aliphatic rings. The van der Waals surface area contributed by atoms with Crippen molar-refractivity contribution in [2.75, 3.05) is 24.5 Å². The van der Waals surface area contributed by atoms with Gasteiger partial charge in [0, 0.05) is 48.8 Å². The monoisotopic (exact) mass is 586 g/mol. The Kier molecular flexibility index (Phi) is 6.55. The molecule has 4 saturated heterocycles. The summed E-state index contributed by atoms with van der Waals surface area (Å²) in [4.78, 5) is 56.5. The maximum Gasteiger partial charge on any atom is 0.262 e. The van der Waals surface area contributed by atoms with Crippen molar-refractivity contribution in [1.29, 1.82) is 0 Å². The summed E-state index contributed by atoms with van der Waals surface area (Å²) in [5, 5.41) is 3.01. The lowest BCUT2D eigenvalue weighted by Crippen LogP contribution is -2.69. The first-order valence-electron chi connectivity index (χ1n) is 14.9. The van der Waals surface area contributed by atoms with Gasteiger partial charge in [0.25, 0.3) is 11.8 Å². The van der Waals surface area contributed by atoms with E-state index in [1.807, 2.05) is 24.3 Å². The molecule has 1 N–H and O–H groups in total. The largest absolute Gasteiger partial charge is 0.363 e. The molecule has 0 spiro atoms. The molecular formula is C33H35ClN4O4. The highest BCUT2D eigenvalue weighted by atomic mass is 35.5. The Balaban J connectivity index is 1.07. The molecule has 2 aromatic carbocycles. The number of hydrogen-bond donors (Lipinski definition) is 1. The third-order valence-corrected chi connectivity index (χ3v) is 10.0. The zero-order chi connectivity index (χ0) is 29.3. The Hall–Kier alpha value is -3.49. The molecule has 0 saturated carbocycles. The van der Waals surface area contributed by atoms with Gasteiger partial charge in [-0.25, -0.2) is 0 Å². The van der Waals surface area contributed by atoms with Crippen LogP contribution in [-0.2, 0) is 9.59 Å². The quantitative estimate of drug-likeness (QED) is 0.512. The Labute approximate surface area is 250 Å². The number of benzene rings is 2. The van der Waals surface area contributed by atoms with Crippen LogP contribution in [0.25, 0.3) is 5.57 Å². The topological polar surface area (TPSA) is 90.0 Å². The van der Waals surface area contributed by atoms with Gasteiger partial charge < -0.3 is 4.90 Å². The van der Waals surface area contributed by atoms with Crippen molar-refractivity contribution < 1.29 is 19.2 Å². The van der Waals surface area contributed by atoms with Crippen LogP contribution in [0.4, 0.5) is 5.69 Å². The van der Waals surface area contributed by atoms with Crippen molar-refractivity contribution in [3.05, 3.63) is 69.8 Å². The molecule has 5 aliphatic heterocycles. The lowest BCUT2D eigenvalue weighted by molar-refractivity contribution is -0.136. The van der Waals surface area contributed by atoms with E-state index in [1.165, 1.54) is 23.1 Å². The van der Waals surface area contributed by atoms with Crippen molar-refractivity contribution in [1.82, 2.24) is 15.1 Å². The fourth-order valence-corrected chi connectivity index (χ4v) is 7.73. The van der Waals surface area contributed by atoms with Crippen LogP contribution in [0.5, 0.6) is 0 Å². The van der Waals surface area contributed by atoms with Gasteiger partial charge in [-0.3, -0.25) is 34.3 Å². The van der Waals surface area contributed by atoms with Crippen LogP contribution in [0.15, 0.2) is 48.0 Å². The van der Waals surface area contributed by atoms with Crippen LogP contribution in [0.2, 0.25) is 5.02 Å². The van der Waals surface area contributed by atoms with Crippen molar-refractivity contribution in [2.45, 2.75) is 70.5 Å². The van der Waals surface area contributed by atoms with Gasteiger partial charge in [0.2, 0.25) is 11.8 Å². The van der Waals surface area contributed by atoms with E-state index in [9.17, 15) is 19.2 Å². The minimum atomic E-state index is -0.951. The fourth-order valence-electron chi connectivity index (χ4n) is 7.60. The summed E-state index contributed by atoms with van der Waals surface area (Å²) >= 11 is 6.19. The van der Waals surface area contributed by atoms with Gasteiger partial charge >= 0.3 is 0 Å². The highest BCUT2D eigenvalue weighted by Crippen LogP contribution is 2.45. The molecule has 5 heterocycles. The number of anilines is 1. The number of piperazine rings is 1. The molecule has 4 fully saturated rings. The lowest BCUT2D eigenvalue weighted by Gasteiger charge is -2.58. The summed E-state index contributed by atoms with van der Waals surface area (Å²) in [6.45, 7) is 7.57. The van der Waals surface area contributed by atoms with Crippen LogP contribution in [0.3, 0.4) is 0 Å². The molecule has 1 aliphatic carbocycles. The van der Waals surface area contributed by atoms with E-state index in [2.05, 4.69) is 41.1 Å². The van der Waals surface area contributed by atoms with Crippen LogP contribution in [0.1, 0.15) is 78.7 Å². The number of amides is 4. The summed E-state index contributed by atoms with van der Waals surface area (Å²) < 4.78 is 0. The lowest BCUT2D eigenvalue weighted by atomic mass is 9.72. The van der Waals surface area contributed by atoms with Crippen LogP contribution in [-0.4, -0.2) is 71.2 Å². The molecule has 0 radical (unpaired) electrons. The molecule has 4 amide bonds. The number of imide groups is 2. The maximum absolute atomic E-state index is 13.3. The van der Waals surface area contributed by atoms with E-state index in [-0.39, 0.29) is 24.2 Å². The SMILES string of the molecule is CC1(C)CCC(CN2CC3CC(C2)N3c2ccc3c(c2)C(=O)N(C2CCC(=O)NC2=O)C3=O)=C(c2ccc(Cl)cc2)C1. The second kappa shape index (κ2) is 10.1. The minimum Gasteiger partial charge on any atom is -0.363 e. The Morgan fingerprint density at radius 1 is 0.929 bits per heavy atom. The Morgan fingerprint density at radius 3 is 2.36 bits per heavy atom. The summed E-state index contributed by atoms with van der Waals surface area (Å²) in [7, 11) is 0. The molecule has 2 bridgehead atoms. The van der Waals surface area contributed by atoms with E-state index in [0.29, 0.717) is 23.2 Å². The first-order valence-corrected chi connectivity index (χ1v) is 15.3. The number of piperidine rings is 2. The van der Waals surface area contributed by atoms with Crippen molar-refractivity contribution in [3.8, 4) is 0 Å². The highest BCUT2D eigenvalue weighted by molar-refractivity contribution is 6.30. The molecule has 2 aromatic rings. The van der Waals surface area contributed by atoms with Gasteiger partial charge in [-0.1, -0.05) is 43.2 Å². The third kappa shape index (κ3) is 4.65. The zero-order valence-corrected chi connectivity index (χ0v) is 24.7. The highest BCUT2D eigenvalue weighted by Gasteiger charge is 2.48. The molecule has 3 unspecified atom stereocenters. The predicted octanol–water partition coefficient (Wildman–Crippen LogP) is 4.67. The number of hydrogen-bond acceptors (Lipinski definition) is 6. The number of nitrogens with zero attached hydrogens (tertiary/aromatic N) is 3. The number of allylic oxidation sites excluding steroid dienone is 1. The van der Waals surface area contributed by atoms with Gasteiger partial charge in [0.15, 0.2) is 0 Å². The predicted molar refractivity (Wildman–Crippen MR) is 160 cm³/mol. The molecule has 42 heavy (non-hydrogen) atoms. The number of carbonyl (C=O) groups is 4. The molecule has 9 heteroatoms. The molecule has 0 aromatic heterocycles. The van der Waals surface area contributed by atoms with Crippen molar-refractivity contribution in [2.24, 2.45) is 5.41 Å². The van der Waals surface area contributed by atoms with E-state index in [4.69, 9.17) is 11.6 Å². The van der Waals surface area contributed by atoms with E-state index < -0.39 is 23.8 Å². The van der Waals surface area contributed by atoms with Gasteiger partial charge in [0.1, 0.15) is 6.04 Å². The average molecular weight is 587 g/mol. The first kappa shape index (κ1) is 27.3. The van der Waals surface area contributed by atoms with Crippen LogP contribution in [0, 0.1) is 5.41 Å². The van der Waals surface area contributed by atoms with Crippen LogP contribution >= 0.6 is 11.6 Å². The molecular weight excluding hydrogens is 552 g/mol. The van der Waals surface area contributed by atoms with E-state index in [0.717, 1.165) is 54.5 Å². The number of halogens is 1. The number of nitrogens with one attached hydrogen (secondary N) is 1. The molecule has 8 rings (SSSR count). The summed E-state index contributed by atoms with van der Waals surface area (Å²) in [5.41, 5.74) is 6.14. The molecule has 3 atom stereocenters. The number of rotatable bonds is 5. The van der Waals surface area contributed by atoms with Crippen molar-refractivity contribution in [3.63, 3.8) is 0 Å². The van der Waals surface area contributed by atoms with Gasteiger partial charge in [-0.15, -0.1) is 0 Å². The minimum absolute atomic E-state index is 0.110. The maximum atomic E-state index is 13.3. The first-order chi connectivity index (χ1) is 20.1. The normalized spacial score (nSPS) is 27.3. The van der Waals surface area contributed by atoms with Gasteiger partial charge in [-0.2, -0.15) is 0 Å². The Morgan fingerprint density at radius 2 is 1.64 bits per heavy atom. The number of fused-ring (bicyclic) bond motifs is 3. The smallest absolute Gasteiger partial charge is 0.262 e. The molecule has 8 nitrogen and oxygen atoms in total. The standard InChI is InChI=1S/C33H35ClN4O4/c1-33(2)12-11-20(27(15-33)19-3-5-21(34)6-4-19)16-36-17-23-13-24(18-36)37(23)22-7-8-25-26(14-22)32(42)38(31(25)41)28-9-10-29(39)35-30(28)40/h3-8,14,23-24,28H,9-13,15-18H2,1-2H3,(H,35,39,40). The van der Waals surface area contributed by atoms with Crippen LogP contribution < -0.4 is 10.2 Å². The summed E-state index contributed by atoms with van der Waals surface area (Å²) in [6, 6.07) is 13.5. The van der Waals surface area contributed by atoms with E-state index >= 15 is 0 Å². The third-order valence-electron chi connectivity index (χ3n) is 9.78.